The summed E-state index contributed by atoms with van der Waals surface area (Å²) in [5, 5.41) is 5.87. The predicted octanol–water partition coefficient (Wildman–Crippen LogP) is 1.44. The molecule has 166 valence electrons. The summed E-state index contributed by atoms with van der Waals surface area (Å²) in [7, 11) is 1.72. The van der Waals surface area contributed by atoms with Crippen molar-refractivity contribution < 1.29 is 0 Å². The summed E-state index contributed by atoms with van der Waals surface area (Å²) < 4.78 is 4.97. The molecule has 1 aliphatic heterocycles. The van der Waals surface area contributed by atoms with Crippen molar-refractivity contribution in [3.05, 3.63) is 62.9 Å². The second-order valence-electron chi connectivity index (χ2n) is 8.46. The first kappa shape index (κ1) is 20.4. The number of hydrogen-bond acceptors (Lipinski definition) is 6. The maximum absolute atomic E-state index is 13.5. The van der Waals surface area contributed by atoms with E-state index in [1.54, 1.807) is 24.0 Å². The summed E-state index contributed by atoms with van der Waals surface area (Å²) in [6.45, 7) is 4.51. The van der Waals surface area contributed by atoms with Crippen LogP contribution in [0.15, 0.2) is 46.2 Å². The van der Waals surface area contributed by atoms with E-state index in [9.17, 15) is 9.59 Å². The van der Waals surface area contributed by atoms with Crippen LogP contribution in [0.2, 0.25) is 0 Å². The molecular weight excluding hydrogens is 406 g/mol. The fourth-order valence-corrected chi connectivity index (χ4v) is 4.71. The molecule has 4 heterocycles. The molecule has 0 saturated carbocycles. The van der Waals surface area contributed by atoms with E-state index in [1.165, 1.54) is 4.68 Å². The summed E-state index contributed by atoms with van der Waals surface area (Å²) in [6.07, 6.45) is 5.45. The quantitative estimate of drug-likeness (QED) is 0.522. The number of aromatic nitrogens is 5. The highest BCUT2D eigenvalue weighted by atomic mass is 16.1. The number of pyridine rings is 1. The summed E-state index contributed by atoms with van der Waals surface area (Å²) in [4.78, 5) is 32.9. The van der Waals surface area contributed by atoms with E-state index in [4.69, 9.17) is 10.7 Å². The smallest absolute Gasteiger partial charge is 0.293 e. The van der Waals surface area contributed by atoms with E-state index in [0.717, 1.165) is 42.8 Å². The van der Waals surface area contributed by atoms with Crippen molar-refractivity contribution in [2.75, 3.05) is 18.0 Å². The third-order valence-corrected chi connectivity index (χ3v) is 6.28. The molecule has 9 heteroatoms. The maximum atomic E-state index is 13.5. The van der Waals surface area contributed by atoms with Crippen LogP contribution in [0, 0.1) is 0 Å². The minimum atomic E-state index is -0.192. The standard InChI is InChI=1S/C23H27N7O2/c1-3-29-20-19(26-23(29)28-10-6-7-16(24)14-28)11-25-30(22(20)32)13-15-12-27(2)21(31)18-9-5-4-8-17(15)18/h4-5,8-9,11-12,16H,3,6-7,10,13-14,24H2,1-2H3/t16-/m1/s1. The summed E-state index contributed by atoms with van der Waals surface area (Å²) >= 11 is 0. The van der Waals surface area contributed by atoms with Gasteiger partial charge in [-0.2, -0.15) is 5.10 Å². The lowest BCUT2D eigenvalue weighted by atomic mass is 10.1. The topological polar surface area (TPSA) is 104 Å². The minimum Gasteiger partial charge on any atom is -0.341 e. The van der Waals surface area contributed by atoms with Gasteiger partial charge in [-0.25, -0.2) is 9.67 Å². The van der Waals surface area contributed by atoms with Gasteiger partial charge < -0.3 is 19.8 Å². The Morgan fingerprint density at radius 2 is 1.94 bits per heavy atom. The first-order valence-electron chi connectivity index (χ1n) is 11.0. The predicted molar refractivity (Wildman–Crippen MR) is 125 cm³/mol. The van der Waals surface area contributed by atoms with Gasteiger partial charge in [0.25, 0.3) is 11.1 Å². The molecule has 0 aliphatic carbocycles. The molecular formula is C23H27N7O2. The van der Waals surface area contributed by atoms with Gasteiger partial charge in [-0.15, -0.1) is 0 Å². The number of nitrogens with two attached hydrogens (primary N) is 1. The summed E-state index contributed by atoms with van der Waals surface area (Å²) in [5.41, 5.74) is 7.92. The van der Waals surface area contributed by atoms with Gasteiger partial charge in [0.2, 0.25) is 5.95 Å². The van der Waals surface area contributed by atoms with Crippen molar-refractivity contribution in [1.29, 1.82) is 0 Å². The second kappa shape index (κ2) is 7.90. The molecule has 0 radical (unpaired) electrons. The van der Waals surface area contributed by atoms with Crippen LogP contribution in [0.25, 0.3) is 21.8 Å². The Morgan fingerprint density at radius 1 is 1.16 bits per heavy atom. The van der Waals surface area contributed by atoms with Gasteiger partial charge in [0.05, 0.1) is 12.7 Å². The number of imidazole rings is 1. The van der Waals surface area contributed by atoms with Crippen LogP contribution >= 0.6 is 0 Å². The van der Waals surface area contributed by atoms with E-state index in [2.05, 4.69) is 10.00 Å². The Bertz CT molecular complexity index is 1430. The van der Waals surface area contributed by atoms with Gasteiger partial charge >= 0.3 is 0 Å². The molecule has 0 amide bonds. The zero-order chi connectivity index (χ0) is 22.4. The lowest BCUT2D eigenvalue weighted by Gasteiger charge is -2.31. The highest BCUT2D eigenvalue weighted by Gasteiger charge is 2.24. The van der Waals surface area contributed by atoms with Gasteiger partial charge in [-0.05, 0) is 36.8 Å². The van der Waals surface area contributed by atoms with Gasteiger partial charge in [-0.3, -0.25) is 9.59 Å². The lowest BCUT2D eigenvalue weighted by molar-refractivity contribution is 0.494. The van der Waals surface area contributed by atoms with Crippen molar-refractivity contribution in [3.63, 3.8) is 0 Å². The largest absolute Gasteiger partial charge is 0.341 e. The van der Waals surface area contributed by atoms with Crippen LogP contribution in [-0.4, -0.2) is 43.0 Å². The van der Waals surface area contributed by atoms with Crippen molar-refractivity contribution in [3.8, 4) is 0 Å². The van der Waals surface area contributed by atoms with Gasteiger partial charge in [-0.1, -0.05) is 18.2 Å². The van der Waals surface area contributed by atoms with Crippen LogP contribution in [0.3, 0.4) is 0 Å². The van der Waals surface area contributed by atoms with E-state index in [-0.39, 0.29) is 23.7 Å². The van der Waals surface area contributed by atoms with Crippen LogP contribution in [0.4, 0.5) is 5.95 Å². The highest BCUT2D eigenvalue weighted by Crippen LogP contribution is 2.23. The van der Waals surface area contributed by atoms with Crippen molar-refractivity contribution in [1.82, 2.24) is 23.9 Å². The van der Waals surface area contributed by atoms with Gasteiger partial charge in [0, 0.05) is 44.3 Å². The van der Waals surface area contributed by atoms with E-state index >= 15 is 0 Å². The van der Waals surface area contributed by atoms with E-state index in [0.29, 0.717) is 23.0 Å². The van der Waals surface area contributed by atoms with E-state index in [1.807, 2.05) is 35.8 Å². The first-order valence-corrected chi connectivity index (χ1v) is 11.0. The highest BCUT2D eigenvalue weighted by molar-refractivity contribution is 5.84. The molecule has 32 heavy (non-hydrogen) atoms. The van der Waals surface area contributed by atoms with Gasteiger partial charge in [0.1, 0.15) is 11.0 Å². The molecule has 4 aromatic rings. The van der Waals surface area contributed by atoms with Crippen LogP contribution in [0.1, 0.15) is 25.3 Å². The van der Waals surface area contributed by atoms with Gasteiger partial charge in [0.15, 0.2) is 0 Å². The number of fused-ring (bicyclic) bond motifs is 2. The monoisotopic (exact) mass is 433 g/mol. The zero-order valence-electron chi connectivity index (χ0n) is 18.4. The Kier molecular flexibility index (Phi) is 5.05. The molecule has 9 nitrogen and oxygen atoms in total. The summed E-state index contributed by atoms with van der Waals surface area (Å²) in [5.74, 6) is 0.779. The average Bonchev–Trinajstić information content (AvgIpc) is 3.18. The molecule has 1 atom stereocenters. The molecule has 1 saturated heterocycles. The fourth-order valence-electron chi connectivity index (χ4n) is 4.71. The molecule has 0 bridgehead atoms. The Morgan fingerprint density at radius 3 is 2.69 bits per heavy atom. The molecule has 0 unspecified atom stereocenters. The number of hydrogen-bond donors (Lipinski definition) is 1. The van der Waals surface area contributed by atoms with Crippen molar-refractivity contribution in [2.24, 2.45) is 12.8 Å². The second-order valence-corrected chi connectivity index (χ2v) is 8.46. The van der Waals surface area contributed by atoms with Crippen LogP contribution < -0.4 is 21.8 Å². The molecule has 2 N–H and O–H groups in total. The first-order chi connectivity index (χ1) is 15.5. The molecule has 1 aliphatic rings. The third-order valence-electron chi connectivity index (χ3n) is 6.28. The van der Waals surface area contributed by atoms with Crippen LogP contribution in [-0.2, 0) is 20.1 Å². The average molecular weight is 434 g/mol. The maximum Gasteiger partial charge on any atom is 0.293 e. The van der Waals surface area contributed by atoms with Crippen LogP contribution in [0.5, 0.6) is 0 Å². The number of rotatable bonds is 4. The Balaban J connectivity index is 1.62. The molecule has 3 aromatic heterocycles. The normalized spacial score (nSPS) is 16.8. The number of piperidine rings is 1. The molecule has 5 rings (SSSR count). The third kappa shape index (κ3) is 3.29. The molecule has 0 spiro atoms. The van der Waals surface area contributed by atoms with E-state index < -0.39 is 0 Å². The minimum absolute atomic E-state index is 0.0615. The Labute approximate surface area is 184 Å². The molecule has 1 aromatic carbocycles. The Hall–Kier alpha value is -3.46. The number of nitrogens with zero attached hydrogens (tertiary/aromatic N) is 6. The molecule has 1 fully saturated rings. The fraction of sp³-hybridized carbons (Fsp3) is 0.391. The zero-order valence-corrected chi connectivity index (χ0v) is 18.4. The lowest BCUT2D eigenvalue weighted by Crippen LogP contribution is -2.44. The number of aryl methyl sites for hydroxylation is 2. The SMILES string of the molecule is CCn1c(N2CCC[C@@H](N)C2)nc2cnn(Cc3cn(C)c(=O)c4ccccc34)c(=O)c21. The van der Waals surface area contributed by atoms with Crippen molar-refractivity contribution >= 4 is 27.8 Å². The number of anilines is 1. The van der Waals surface area contributed by atoms with Crippen molar-refractivity contribution in [2.45, 2.75) is 38.9 Å². The summed E-state index contributed by atoms with van der Waals surface area (Å²) in [6, 6.07) is 7.57. The number of benzene rings is 1.